The van der Waals surface area contributed by atoms with Crippen LogP contribution >= 0.6 is 0 Å². The van der Waals surface area contributed by atoms with Crippen LogP contribution in [0.5, 0.6) is 11.5 Å². The van der Waals surface area contributed by atoms with Crippen LogP contribution in [0.1, 0.15) is 60.0 Å². The minimum Gasteiger partial charge on any atom is -0.507 e. The van der Waals surface area contributed by atoms with Crippen molar-refractivity contribution >= 4 is 22.6 Å². The van der Waals surface area contributed by atoms with Crippen molar-refractivity contribution in [3.05, 3.63) is 47.0 Å². The summed E-state index contributed by atoms with van der Waals surface area (Å²) in [6, 6.07) is 9.81. The van der Waals surface area contributed by atoms with Gasteiger partial charge in [-0.1, -0.05) is 25.3 Å². The molecule has 8 heteroatoms. The van der Waals surface area contributed by atoms with Gasteiger partial charge in [-0.2, -0.15) is 5.10 Å². The molecule has 1 fully saturated rings. The van der Waals surface area contributed by atoms with Crippen LogP contribution in [0, 0.1) is 0 Å². The molecule has 1 aliphatic carbocycles. The second-order valence-corrected chi connectivity index (χ2v) is 10.1. The Bertz CT molecular complexity index is 1200. The number of rotatable bonds is 8. The number of amides is 1. The second-order valence-electron chi connectivity index (χ2n) is 10.1. The average Bonchev–Trinajstić information content (AvgIpc) is 3.45. The van der Waals surface area contributed by atoms with E-state index in [1.54, 1.807) is 17.0 Å². The number of ether oxygens (including phenoxy) is 1. The molecule has 2 aliphatic rings. The monoisotopic (exact) mass is 477 g/mol. The summed E-state index contributed by atoms with van der Waals surface area (Å²) in [5, 5.41) is 22.4. The third-order valence-electron chi connectivity index (χ3n) is 7.06. The van der Waals surface area contributed by atoms with Gasteiger partial charge in [-0.3, -0.25) is 9.89 Å². The van der Waals surface area contributed by atoms with E-state index < -0.39 is 0 Å². The van der Waals surface area contributed by atoms with Gasteiger partial charge in [0.1, 0.15) is 11.5 Å². The first-order valence-corrected chi connectivity index (χ1v) is 12.6. The molecule has 3 N–H and O–H groups in total. The van der Waals surface area contributed by atoms with Crippen molar-refractivity contribution in [2.75, 3.05) is 32.6 Å². The van der Waals surface area contributed by atoms with Gasteiger partial charge in [0.2, 0.25) is 0 Å². The van der Waals surface area contributed by atoms with E-state index in [4.69, 9.17) is 4.74 Å². The molecule has 0 spiro atoms. The molecule has 0 radical (unpaired) electrons. The fourth-order valence-electron chi connectivity index (χ4n) is 5.12. The van der Waals surface area contributed by atoms with Crippen molar-refractivity contribution in [1.29, 1.82) is 0 Å². The van der Waals surface area contributed by atoms with E-state index in [2.05, 4.69) is 34.5 Å². The maximum absolute atomic E-state index is 13.4. The average molecular weight is 478 g/mol. The summed E-state index contributed by atoms with van der Waals surface area (Å²) < 4.78 is 5.91. The molecule has 2 aromatic carbocycles. The van der Waals surface area contributed by atoms with Gasteiger partial charge < -0.3 is 25.0 Å². The molecule has 0 unspecified atom stereocenters. The van der Waals surface area contributed by atoms with Crippen LogP contribution in [0.15, 0.2) is 30.3 Å². The summed E-state index contributed by atoms with van der Waals surface area (Å²) in [6.07, 6.45) is 6.96. The number of aromatic hydroxyl groups is 1. The number of phenols is 1. The Balaban J connectivity index is 1.29. The highest BCUT2D eigenvalue weighted by Crippen LogP contribution is 2.33. The number of phenolic OH excluding ortho intramolecular Hbond substituents is 1. The number of carbonyl (C=O) groups is 1. The maximum Gasteiger partial charge on any atom is 0.258 e. The molecule has 186 valence electrons. The van der Waals surface area contributed by atoms with Crippen LogP contribution in [-0.4, -0.2) is 64.3 Å². The number of hydrogen-bond acceptors (Lipinski definition) is 6. The molecule has 35 heavy (non-hydrogen) atoms. The molecule has 8 nitrogen and oxygen atoms in total. The zero-order valence-electron chi connectivity index (χ0n) is 20.6. The van der Waals surface area contributed by atoms with E-state index in [1.807, 2.05) is 18.2 Å². The minimum atomic E-state index is -0.182. The number of anilines is 1. The van der Waals surface area contributed by atoms with Gasteiger partial charge in [-0.05, 0) is 62.7 Å². The fourth-order valence-corrected chi connectivity index (χ4v) is 5.12. The largest absolute Gasteiger partial charge is 0.507 e. The Labute approximate surface area is 206 Å². The highest BCUT2D eigenvalue weighted by atomic mass is 16.5. The van der Waals surface area contributed by atoms with E-state index in [0.29, 0.717) is 31.3 Å². The number of carbonyl (C=O) groups excluding carboxylic acids is 1. The summed E-state index contributed by atoms with van der Waals surface area (Å²) in [6.45, 7) is 2.66. The molecule has 0 saturated heterocycles. The highest BCUT2D eigenvalue weighted by molar-refractivity contribution is 6.03. The van der Waals surface area contributed by atoms with Crippen LogP contribution in [0.3, 0.4) is 0 Å². The lowest BCUT2D eigenvalue weighted by Gasteiger charge is -2.22. The van der Waals surface area contributed by atoms with Gasteiger partial charge in [-0.25, -0.2) is 0 Å². The van der Waals surface area contributed by atoms with Crippen molar-refractivity contribution < 1.29 is 14.6 Å². The Morgan fingerprint density at radius 1 is 1.17 bits per heavy atom. The first-order chi connectivity index (χ1) is 17.0. The molecular weight excluding hydrogens is 442 g/mol. The number of benzene rings is 2. The first-order valence-electron chi connectivity index (χ1n) is 12.6. The van der Waals surface area contributed by atoms with E-state index in [9.17, 15) is 9.90 Å². The summed E-state index contributed by atoms with van der Waals surface area (Å²) in [5.74, 6) is 1.37. The lowest BCUT2D eigenvalue weighted by Crippen LogP contribution is -2.25. The molecule has 5 rings (SSSR count). The van der Waals surface area contributed by atoms with Gasteiger partial charge in [0.15, 0.2) is 5.82 Å². The summed E-state index contributed by atoms with van der Waals surface area (Å²) >= 11 is 0. The van der Waals surface area contributed by atoms with Gasteiger partial charge in [0.05, 0.1) is 17.7 Å². The van der Waals surface area contributed by atoms with E-state index in [0.717, 1.165) is 59.4 Å². The molecule has 2 heterocycles. The van der Waals surface area contributed by atoms with Gasteiger partial charge in [0, 0.05) is 37.1 Å². The van der Waals surface area contributed by atoms with Crippen LogP contribution in [-0.2, 0) is 13.1 Å². The molecule has 0 atom stereocenters. The van der Waals surface area contributed by atoms with Crippen LogP contribution in [0.4, 0.5) is 5.82 Å². The minimum absolute atomic E-state index is 0.0313. The van der Waals surface area contributed by atoms with E-state index >= 15 is 0 Å². The molecule has 1 saturated carbocycles. The number of aromatic nitrogens is 2. The number of nitrogens with one attached hydrogen (secondary N) is 2. The Morgan fingerprint density at radius 3 is 2.77 bits per heavy atom. The van der Waals surface area contributed by atoms with Gasteiger partial charge in [-0.15, -0.1) is 0 Å². The number of fused-ring (bicyclic) bond motifs is 2. The van der Waals surface area contributed by atoms with Gasteiger partial charge >= 0.3 is 0 Å². The lowest BCUT2D eigenvalue weighted by atomic mass is 9.95. The number of aromatic amines is 1. The van der Waals surface area contributed by atoms with Crippen molar-refractivity contribution in [3.8, 4) is 11.5 Å². The van der Waals surface area contributed by atoms with Crippen LogP contribution in [0.2, 0.25) is 0 Å². The van der Waals surface area contributed by atoms with E-state index in [-0.39, 0.29) is 11.7 Å². The Morgan fingerprint density at radius 2 is 1.97 bits per heavy atom. The quantitative estimate of drug-likeness (QED) is 0.414. The molecular formula is C27H35N5O3. The summed E-state index contributed by atoms with van der Waals surface area (Å²) in [5.41, 5.74) is 3.23. The standard InChI is InChI=1S/C27H35N5O3/c1-31(2)11-6-12-35-21-10-9-18-16-32(17-19(18)13-21)27(34)23-14-22-24(15-25(23)33)29-30-26(22)28-20-7-4-3-5-8-20/h9-10,13-15,20,33H,3-8,11-12,16-17H2,1-2H3,(H2,28,29,30). The molecule has 1 aliphatic heterocycles. The zero-order chi connectivity index (χ0) is 24.4. The van der Waals surface area contributed by atoms with Crippen molar-refractivity contribution in [2.45, 2.75) is 57.7 Å². The molecule has 0 bridgehead atoms. The number of nitrogens with zero attached hydrogens (tertiary/aromatic N) is 3. The third kappa shape index (κ3) is 5.22. The predicted molar refractivity (Wildman–Crippen MR) is 137 cm³/mol. The molecule has 1 amide bonds. The fraction of sp³-hybridized carbons (Fsp3) is 0.481. The second kappa shape index (κ2) is 10.2. The summed E-state index contributed by atoms with van der Waals surface area (Å²) in [4.78, 5) is 17.4. The van der Waals surface area contributed by atoms with Crippen molar-refractivity contribution in [3.63, 3.8) is 0 Å². The summed E-state index contributed by atoms with van der Waals surface area (Å²) in [7, 11) is 4.11. The number of H-pyrrole nitrogens is 1. The smallest absolute Gasteiger partial charge is 0.258 e. The van der Waals surface area contributed by atoms with Crippen LogP contribution in [0.25, 0.3) is 10.9 Å². The van der Waals surface area contributed by atoms with Gasteiger partial charge in [0.25, 0.3) is 5.91 Å². The van der Waals surface area contributed by atoms with Crippen LogP contribution < -0.4 is 10.1 Å². The van der Waals surface area contributed by atoms with Crippen molar-refractivity contribution in [1.82, 2.24) is 20.0 Å². The third-order valence-corrected chi connectivity index (χ3v) is 7.06. The topological polar surface area (TPSA) is 93.7 Å². The first kappa shape index (κ1) is 23.5. The molecule has 3 aromatic rings. The number of hydrogen-bond donors (Lipinski definition) is 3. The highest BCUT2D eigenvalue weighted by Gasteiger charge is 2.27. The zero-order valence-corrected chi connectivity index (χ0v) is 20.6. The maximum atomic E-state index is 13.4. The Hall–Kier alpha value is -3.26. The lowest BCUT2D eigenvalue weighted by molar-refractivity contribution is 0.0748. The van der Waals surface area contributed by atoms with Crippen molar-refractivity contribution in [2.24, 2.45) is 0 Å². The SMILES string of the molecule is CN(C)CCCOc1ccc2c(c1)CN(C(=O)c1cc3c(NC4CCCCC4)n[nH]c3cc1O)C2. The predicted octanol–water partition coefficient (Wildman–Crippen LogP) is 4.50. The normalized spacial score (nSPS) is 16.1. The Kier molecular flexibility index (Phi) is 6.81. The molecule has 1 aromatic heterocycles. The van der Waals surface area contributed by atoms with E-state index in [1.165, 1.54) is 19.3 Å².